The van der Waals surface area contributed by atoms with Gasteiger partial charge < -0.3 is 15.3 Å². The zero-order valence-corrected chi connectivity index (χ0v) is 9.68. The van der Waals surface area contributed by atoms with E-state index in [-0.39, 0.29) is 12.0 Å². The lowest BCUT2D eigenvalue weighted by Gasteiger charge is -2.34. The number of hydroxylamine groups is 1. The molecule has 16 heavy (non-hydrogen) atoms. The van der Waals surface area contributed by atoms with Crippen molar-refractivity contribution < 1.29 is 5.11 Å². The Morgan fingerprint density at radius 1 is 1.31 bits per heavy atom. The van der Waals surface area contributed by atoms with E-state index in [1.807, 2.05) is 38.1 Å². The molecule has 88 valence electrons. The number of nitrogens with zero attached hydrogens (tertiary/aromatic N) is 2. The highest BCUT2D eigenvalue weighted by atomic mass is 16.6. The summed E-state index contributed by atoms with van der Waals surface area (Å²) in [5.41, 5.74) is 1.73. The van der Waals surface area contributed by atoms with Crippen LogP contribution in [0.2, 0.25) is 0 Å². The molecule has 0 aliphatic carbocycles. The van der Waals surface area contributed by atoms with Crippen molar-refractivity contribution in [3.05, 3.63) is 35.0 Å². The van der Waals surface area contributed by atoms with Crippen LogP contribution in [0.1, 0.15) is 12.5 Å². The third kappa shape index (κ3) is 2.04. The van der Waals surface area contributed by atoms with E-state index in [9.17, 15) is 10.3 Å². The molecule has 0 amide bonds. The number of hydrogen-bond acceptors (Lipinski definition) is 4. The van der Waals surface area contributed by atoms with Crippen molar-refractivity contribution >= 4 is 5.69 Å². The van der Waals surface area contributed by atoms with Crippen LogP contribution in [0.4, 0.5) is 5.69 Å². The van der Waals surface area contributed by atoms with Crippen molar-refractivity contribution in [2.24, 2.45) is 5.41 Å². The van der Waals surface area contributed by atoms with E-state index in [4.69, 9.17) is 0 Å². The van der Waals surface area contributed by atoms with Gasteiger partial charge in [-0.2, -0.15) is 0 Å². The molecule has 0 radical (unpaired) electrons. The van der Waals surface area contributed by atoms with Gasteiger partial charge in [-0.15, -0.1) is 0 Å². The Hall–Kier alpha value is -1.10. The molecule has 1 N–H and O–H groups in total. The van der Waals surface area contributed by atoms with E-state index >= 15 is 0 Å². The topological polar surface area (TPSA) is 49.8 Å². The average molecular weight is 221 g/mol. The molecule has 4 heteroatoms. The van der Waals surface area contributed by atoms with Crippen LogP contribution < -0.4 is 5.01 Å². The van der Waals surface area contributed by atoms with E-state index in [0.29, 0.717) is 13.1 Å². The van der Waals surface area contributed by atoms with Crippen LogP contribution in [-0.2, 0) is 0 Å². The molecule has 2 rings (SSSR count). The number of aliphatic hydroxyl groups is 1. The van der Waals surface area contributed by atoms with Gasteiger partial charge in [-0.3, -0.25) is 5.17 Å². The summed E-state index contributed by atoms with van der Waals surface area (Å²) in [6, 6.07) is 7.84. The molecule has 0 spiro atoms. The number of hydrazine groups is 1. The Morgan fingerprint density at radius 2 is 1.94 bits per heavy atom. The van der Waals surface area contributed by atoms with Gasteiger partial charge in [0.25, 0.3) is 0 Å². The fraction of sp³-hybridized carbons (Fsp3) is 0.500. The SMILES string of the molecule is Cc1ccc(N2CC(C)(CO)CN2[O-])cc1. The zero-order valence-electron chi connectivity index (χ0n) is 9.68. The molecule has 1 aliphatic heterocycles. The quantitative estimate of drug-likeness (QED) is 0.822. The molecular weight excluding hydrogens is 204 g/mol. The first-order valence-corrected chi connectivity index (χ1v) is 5.44. The molecule has 0 aromatic heterocycles. The van der Waals surface area contributed by atoms with E-state index in [1.165, 1.54) is 5.56 Å². The van der Waals surface area contributed by atoms with Gasteiger partial charge in [0.1, 0.15) is 0 Å². The van der Waals surface area contributed by atoms with E-state index in [2.05, 4.69) is 0 Å². The fourth-order valence-corrected chi connectivity index (χ4v) is 1.94. The first-order valence-electron chi connectivity index (χ1n) is 5.44. The number of benzene rings is 1. The van der Waals surface area contributed by atoms with Gasteiger partial charge in [-0.1, -0.05) is 24.6 Å². The Bertz CT molecular complexity index is 366. The highest BCUT2D eigenvalue weighted by Crippen LogP contribution is 2.31. The lowest BCUT2D eigenvalue weighted by molar-refractivity contribution is 0.161. The number of hydrogen-bond donors (Lipinski definition) is 1. The minimum Gasteiger partial charge on any atom is -0.767 e. The molecule has 1 saturated heterocycles. The van der Waals surface area contributed by atoms with E-state index in [1.54, 1.807) is 5.01 Å². The second-order valence-electron chi connectivity index (χ2n) is 4.87. The highest BCUT2D eigenvalue weighted by Gasteiger charge is 2.35. The third-order valence-corrected chi connectivity index (χ3v) is 3.03. The maximum atomic E-state index is 11.8. The van der Waals surface area contributed by atoms with Gasteiger partial charge in [0.05, 0.1) is 12.3 Å². The second kappa shape index (κ2) is 4.05. The predicted molar refractivity (Wildman–Crippen MR) is 63.8 cm³/mol. The van der Waals surface area contributed by atoms with Crippen LogP contribution in [0, 0.1) is 17.5 Å². The molecule has 1 unspecified atom stereocenters. The number of anilines is 1. The largest absolute Gasteiger partial charge is 0.767 e. The minimum absolute atomic E-state index is 0.0358. The zero-order chi connectivity index (χ0) is 11.8. The maximum Gasteiger partial charge on any atom is 0.0514 e. The van der Waals surface area contributed by atoms with Crippen LogP contribution >= 0.6 is 0 Å². The van der Waals surface area contributed by atoms with Gasteiger partial charge in [-0.05, 0) is 19.1 Å². The van der Waals surface area contributed by atoms with Crippen LogP contribution in [0.5, 0.6) is 0 Å². The van der Waals surface area contributed by atoms with Crippen LogP contribution in [0.15, 0.2) is 24.3 Å². The second-order valence-corrected chi connectivity index (χ2v) is 4.87. The van der Waals surface area contributed by atoms with Crippen LogP contribution in [-0.4, -0.2) is 30.0 Å². The van der Waals surface area contributed by atoms with Crippen LogP contribution in [0.3, 0.4) is 0 Å². The fourth-order valence-electron chi connectivity index (χ4n) is 1.94. The van der Waals surface area contributed by atoms with Crippen molar-refractivity contribution in [2.75, 3.05) is 24.7 Å². The molecule has 1 aromatic rings. The first kappa shape index (κ1) is 11.4. The van der Waals surface area contributed by atoms with Crippen molar-refractivity contribution in [1.29, 1.82) is 0 Å². The Balaban J connectivity index is 2.20. The standard InChI is InChI=1S/C12H17N2O2/c1-10-3-5-11(6-4-10)13-7-12(2,9-15)8-14(13)16/h3-6,15H,7-9H2,1-2H3/q-1. The van der Waals surface area contributed by atoms with Gasteiger partial charge in [0.15, 0.2) is 0 Å². The summed E-state index contributed by atoms with van der Waals surface area (Å²) < 4.78 is 0. The van der Waals surface area contributed by atoms with Gasteiger partial charge >= 0.3 is 0 Å². The summed E-state index contributed by atoms with van der Waals surface area (Å²) in [5.74, 6) is 0. The molecule has 1 fully saturated rings. The lowest BCUT2D eigenvalue weighted by Crippen LogP contribution is -2.31. The summed E-state index contributed by atoms with van der Waals surface area (Å²) in [6.07, 6.45) is 0. The normalized spacial score (nSPS) is 26.4. The van der Waals surface area contributed by atoms with Gasteiger partial charge in [0.2, 0.25) is 0 Å². The van der Waals surface area contributed by atoms with Crippen molar-refractivity contribution in [1.82, 2.24) is 5.17 Å². The van der Waals surface area contributed by atoms with Crippen molar-refractivity contribution in [3.8, 4) is 0 Å². The van der Waals surface area contributed by atoms with E-state index < -0.39 is 0 Å². The highest BCUT2D eigenvalue weighted by molar-refractivity contribution is 5.47. The number of rotatable bonds is 2. The minimum atomic E-state index is -0.327. The molecular formula is C12H17N2O2-. The summed E-state index contributed by atoms with van der Waals surface area (Å²) in [4.78, 5) is 0. The molecule has 1 aliphatic rings. The third-order valence-electron chi connectivity index (χ3n) is 3.03. The Labute approximate surface area is 95.6 Å². The Kier molecular flexibility index (Phi) is 2.88. The number of aryl methyl sites for hydroxylation is 1. The molecule has 0 bridgehead atoms. The molecule has 1 atom stereocenters. The van der Waals surface area contributed by atoms with Crippen molar-refractivity contribution in [3.63, 3.8) is 0 Å². The lowest BCUT2D eigenvalue weighted by atomic mass is 9.93. The molecule has 1 heterocycles. The summed E-state index contributed by atoms with van der Waals surface area (Å²) in [7, 11) is 0. The van der Waals surface area contributed by atoms with Gasteiger partial charge in [0, 0.05) is 18.5 Å². The summed E-state index contributed by atoms with van der Waals surface area (Å²) >= 11 is 0. The first-order chi connectivity index (χ1) is 7.54. The summed E-state index contributed by atoms with van der Waals surface area (Å²) in [5, 5.41) is 23.6. The van der Waals surface area contributed by atoms with Crippen molar-refractivity contribution in [2.45, 2.75) is 13.8 Å². The molecule has 4 nitrogen and oxygen atoms in total. The molecule has 1 aromatic carbocycles. The Morgan fingerprint density at radius 3 is 2.44 bits per heavy atom. The average Bonchev–Trinajstić information content (AvgIpc) is 2.57. The predicted octanol–water partition coefficient (Wildman–Crippen LogP) is 1.53. The maximum absolute atomic E-state index is 11.8. The van der Waals surface area contributed by atoms with E-state index in [0.717, 1.165) is 10.9 Å². The van der Waals surface area contributed by atoms with Gasteiger partial charge in [-0.25, -0.2) is 0 Å². The van der Waals surface area contributed by atoms with Crippen LogP contribution in [0.25, 0.3) is 0 Å². The monoisotopic (exact) mass is 221 g/mol. The molecule has 0 saturated carbocycles. The summed E-state index contributed by atoms with van der Waals surface area (Å²) in [6.45, 7) is 4.88. The number of aliphatic hydroxyl groups excluding tert-OH is 1. The smallest absolute Gasteiger partial charge is 0.0514 e.